The summed E-state index contributed by atoms with van der Waals surface area (Å²) in [7, 11) is 3.09. The molecule has 26 heavy (non-hydrogen) atoms. The number of likely N-dealkylation sites (tertiary alicyclic amines) is 1. The third-order valence-electron chi connectivity index (χ3n) is 4.38. The van der Waals surface area contributed by atoms with Crippen LogP contribution < -0.4 is 10.6 Å². The molecule has 0 bridgehead atoms. The molecule has 1 unspecified atom stereocenters. The predicted molar refractivity (Wildman–Crippen MR) is 95.3 cm³/mol. The lowest BCUT2D eigenvalue weighted by Crippen LogP contribution is -2.55. The van der Waals surface area contributed by atoms with E-state index in [1.54, 1.807) is 24.1 Å². The fourth-order valence-electron chi connectivity index (χ4n) is 2.99. The molecule has 0 aliphatic carbocycles. The van der Waals surface area contributed by atoms with Gasteiger partial charge in [-0.1, -0.05) is 6.07 Å². The van der Waals surface area contributed by atoms with Gasteiger partial charge in [-0.15, -0.1) is 0 Å². The first kappa shape index (κ1) is 20.1. The van der Waals surface area contributed by atoms with Crippen LogP contribution in [0.4, 0.5) is 10.1 Å². The minimum atomic E-state index is -1.01. The van der Waals surface area contributed by atoms with E-state index in [1.165, 1.54) is 19.2 Å². The van der Waals surface area contributed by atoms with Crippen molar-refractivity contribution in [1.82, 2.24) is 10.2 Å². The van der Waals surface area contributed by atoms with Gasteiger partial charge in [-0.3, -0.25) is 9.59 Å². The maximum atomic E-state index is 13.5. The Bertz CT molecular complexity index is 628. The van der Waals surface area contributed by atoms with Crippen LogP contribution in [0.25, 0.3) is 0 Å². The molecule has 1 saturated heterocycles. The van der Waals surface area contributed by atoms with E-state index in [0.29, 0.717) is 38.4 Å². The van der Waals surface area contributed by atoms with Crippen LogP contribution in [-0.4, -0.2) is 69.3 Å². The molecule has 1 aromatic carbocycles. The number of rotatable bonds is 9. The molecule has 1 heterocycles. The molecule has 1 fully saturated rings. The van der Waals surface area contributed by atoms with Crippen LogP contribution in [0.5, 0.6) is 0 Å². The van der Waals surface area contributed by atoms with Gasteiger partial charge in [0.25, 0.3) is 0 Å². The van der Waals surface area contributed by atoms with Gasteiger partial charge in [-0.25, -0.2) is 4.39 Å². The van der Waals surface area contributed by atoms with Crippen molar-refractivity contribution in [1.29, 1.82) is 0 Å². The van der Waals surface area contributed by atoms with Crippen LogP contribution in [0, 0.1) is 5.82 Å². The topological polar surface area (TPSA) is 79.9 Å². The number of anilines is 1. The SMILES string of the molecule is COCCNC(=O)C1(Nc2cccc(F)c2)CCN(C(=O)CCOC)C1. The number of ether oxygens (including phenoxy) is 2. The number of amides is 2. The fourth-order valence-corrected chi connectivity index (χ4v) is 2.99. The summed E-state index contributed by atoms with van der Waals surface area (Å²) in [4.78, 5) is 26.8. The summed E-state index contributed by atoms with van der Waals surface area (Å²) in [6.07, 6.45) is 0.693. The summed E-state index contributed by atoms with van der Waals surface area (Å²) < 4.78 is 23.4. The smallest absolute Gasteiger partial charge is 0.247 e. The van der Waals surface area contributed by atoms with E-state index >= 15 is 0 Å². The second kappa shape index (κ2) is 9.49. The van der Waals surface area contributed by atoms with Gasteiger partial charge in [0.15, 0.2) is 0 Å². The molecular weight excluding hydrogens is 341 g/mol. The lowest BCUT2D eigenvalue weighted by molar-refractivity contribution is -0.131. The fraction of sp³-hybridized carbons (Fsp3) is 0.556. The minimum absolute atomic E-state index is 0.0699. The first-order chi connectivity index (χ1) is 12.5. The number of nitrogens with one attached hydrogen (secondary N) is 2. The van der Waals surface area contributed by atoms with Crippen LogP contribution in [0.15, 0.2) is 24.3 Å². The number of hydrogen-bond donors (Lipinski definition) is 2. The van der Waals surface area contributed by atoms with Gasteiger partial charge < -0.3 is 25.0 Å². The van der Waals surface area contributed by atoms with Crippen LogP contribution in [0.2, 0.25) is 0 Å². The Kier molecular flexibility index (Phi) is 7.35. The summed E-state index contributed by atoms with van der Waals surface area (Å²) in [6, 6.07) is 5.94. The van der Waals surface area contributed by atoms with Crippen LogP contribution in [0.3, 0.4) is 0 Å². The number of hydrogen-bond acceptors (Lipinski definition) is 5. The molecular formula is C18H26FN3O4. The molecule has 1 aliphatic rings. The quantitative estimate of drug-likeness (QED) is 0.637. The standard InChI is InChI=1S/C18H26FN3O4/c1-25-10-6-16(23)22-9-7-18(13-22,17(24)20-8-11-26-2)21-15-5-3-4-14(19)12-15/h3-5,12,21H,6-11,13H2,1-2H3,(H,20,24). The number of nitrogens with zero attached hydrogens (tertiary/aromatic N) is 1. The molecule has 0 spiro atoms. The summed E-state index contributed by atoms with van der Waals surface area (Å²) in [6.45, 7) is 1.74. The van der Waals surface area contributed by atoms with Crippen molar-refractivity contribution in [2.24, 2.45) is 0 Å². The highest BCUT2D eigenvalue weighted by molar-refractivity contribution is 5.91. The average Bonchev–Trinajstić information content (AvgIpc) is 3.05. The maximum absolute atomic E-state index is 13.5. The highest BCUT2D eigenvalue weighted by Gasteiger charge is 2.45. The first-order valence-electron chi connectivity index (χ1n) is 8.58. The summed E-state index contributed by atoms with van der Waals surface area (Å²) >= 11 is 0. The zero-order chi connectivity index (χ0) is 19.0. The number of carbonyl (C=O) groups excluding carboxylic acids is 2. The van der Waals surface area contributed by atoms with Crippen LogP contribution in [0.1, 0.15) is 12.8 Å². The predicted octanol–water partition coefficient (Wildman–Crippen LogP) is 1.01. The molecule has 2 rings (SSSR count). The molecule has 144 valence electrons. The molecule has 0 saturated carbocycles. The number of benzene rings is 1. The molecule has 2 amide bonds. The van der Waals surface area contributed by atoms with Crippen molar-refractivity contribution in [3.63, 3.8) is 0 Å². The molecule has 1 atom stereocenters. The van der Waals surface area contributed by atoms with Crippen molar-refractivity contribution in [2.45, 2.75) is 18.4 Å². The molecule has 0 radical (unpaired) electrons. The average molecular weight is 367 g/mol. The lowest BCUT2D eigenvalue weighted by atomic mass is 9.96. The van der Waals surface area contributed by atoms with E-state index in [0.717, 1.165) is 0 Å². The minimum Gasteiger partial charge on any atom is -0.384 e. The monoisotopic (exact) mass is 367 g/mol. The summed E-state index contributed by atoms with van der Waals surface area (Å²) in [5.74, 6) is -0.698. The van der Waals surface area contributed by atoms with E-state index in [1.807, 2.05) is 0 Å². The highest BCUT2D eigenvalue weighted by atomic mass is 19.1. The van der Waals surface area contributed by atoms with E-state index in [2.05, 4.69) is 10.6 Å². The molecule has 2 N–H and O–H groups in total. The Hall–Kier alpha value is -2.19. The zero-order valence-corrected chi connectivity index (χ0v) is 15.2. The normalized spacial score (nSPS) is 19.4. The van der Waals surface area contributed by atoms with Crippen molar-refractivity contribution < 1.29 is 23.5 Å². The van der Waals surface area contributed by atoms with Crippen molar-refractivity contribution in [3.8, 4) is 0 Å². The number of halogens is 1. The van der Waals surface area contributed by atoms with E-state index in [-0.39, 0.29) is 24.8 Å². The zero-order valence-electron chi connectivity index (χ0n) is 15.2. The summed E-state index contributed by atoms with van der Waals surface area (Å²) in [5.41, 5.74) is -0.511. The first-order valence-corrected chi connectivity index (χ1v) is 8.58. The number of carbonyl (C=O) groups is 2. The van der Waals surface area contributed by atoms with E-state index in [4.69, 9.17) is 9.47 Å². The van der Waals surface area contributed by atoms with Gasteiger partial charge in [0.05, 0.1) is 26.2 Å². The van der Waals surface area contributed by atoms with Gasteiger partial charge in [-0.2, -0.15) is 0 Å². The Morgan fingerprint density at radius 2 is 2.04 bits per heavy atom. The Morgan fingerprint density at radius 1 is 1.27 bits per heavy atom. The van der Waals surface area contributed by atoms with Gasteiger partial charge >= 0.3 is 0 Å². The van der Waals surface area contributed by atoms with Crippen molar-refractivity contribution in [3.05, 3.63) is 30.1 Å². The summed E-state index contributed by atoms with van der Waals surface area (Å²) in [5, 5.41) is 5.97. The van der Waals surface area contributed by atoms with E-state index < -0.39 is 11.4 Å². The molecule has 1 aliphatic heterocycles. The second-order valence-electron chi connectivity index (χ2n) is 6.27. The third-order valence-corrected chi connectivity index (χ3v) is 4.38. The largest absolute Gasteiger partial charge is 0.384 e. The molecule has 8 heteroatoms. The van der Waals surface area contributed by atoms with Gasteiger partial charge in [0.2, 0.25) is 11.8 Å². The molecule has 1 aromatic rings. The van der Waals surface area contributed by atoms with E-state index in [9.17, 15) is 14.0 Å². The van der Waals surface area contributed by atoms with Crippen molar-refractivity contribution in [2.75, 3.05) is 52.4 Å². The maximum Gasteiger partial charge on any atom is 0.247 e. The Labute approximate surface area is 152 Å². The van der Waals surface area contributed by atoms with Gasteiger partial charge in [0, 0.05) is 33.0 Å². The van der Waals surface area contributed by atoms with Crippen LogP contribution in [-0.2, 0) is 19.1 Å². The van der Waals surface area contributed by atoms with Crippen molar-refractivity contribution >= 4 is 17.5 Å². The molecule has 7 nitrogen and oxygen atoms in total. The Morgan fingerprint density at radius 3 is 2.73 bits per heavy atom. The van der Waals surface area contributed by atoms with Gasteiger partial charge in [-0.05, 0) is 24.6 Å². The van der Waals surface area contributed by atoms with Crippen LogP contribution >= 0.6 is 0 Å². The highest BCUT2D eigenvalue weighted by Crippen LogP contribution is 2.27. The molecule has 0 aromatic heterocycles. The Balaban J connectivity index is 2.14. The lowest BCUT2D eigenvalue weighted by Gasteiger charge is -2.30. The van der Waals surface area contributed by atoms with Gasteiger partial charge in [0.1, 0.15) is 11.4 Å². The second-order valence-corrected chi connectivity index (χ2v) is 6.27. The number of methoxy groups -OCH3 is 2. The third kappa shape index (κ3) is 5.15.